The third-order valence-electron chi connectivity index (χ3n) is 5.06. The summed E-state index contributed by atoms with van der Waals surface area (Å²) in [7, 11) is -3.46. The normalized spacial score (nSPS) is 15.5. The second-order valence-electron chi connectivity index (χ2n) is 7.05. The van der Waals surface area contributed by atoms with Crippen molar-refractivity contribution in [2.75, 3.05) is 13.1 Å². The lowest BCUT2D eigenvalue weighted by molar-refractivity contribution is 0.0955. The molecular formula is C21H21FN2O3S2. The summed E-state index contributed by atoms with van der Waals surface area (Å²) in [6.07, 6.45) is 2.85. The molecule has 0 unspecified atom stereocenters. The highest BCUT2D eigenvalue weighted by atomic mass is 32.2. The number of nitrogens with zero attached hydrogens (tertiary/aromatic N) is 1. The predicted molar refractivity (Wildman–Crippen MR) is 112 cm³/mol. The largest absolute Gasteiger partial charge is 0.347 e. The Hall–Kier alpha value is -2.29. The van der Waals surface area contributed by atoms with Gasteiger partial charge in [-0.1, -0.05) is 24.6 Å². The van der Waals surface area contributed by atoms with Gasteiger partial charge in [-0.15, -0.1) is 11.3 Å². The Morgan fingerprint density at radius 3 is 2.48 bits per heavy atom. The number of hydrogen-bond donors (Lipinski definition) is 1. The van der Waals surface area contributed by atoms with Crippen molar-refractivity contribution in [1.82, 2.24) is 9.62 Å². The molecule has 5 nitrogen and oxygen atoms in total. The van der Waals surface area contributed by atoms with Crippen LogP contribution in [0.3, 0.4) is 0 Å². The molecule has 152 valence electrons. The van der Waals surface area contributed by atoms with Gasteiger partial charge in [0.2, 0.25) is 10.0 Å². The average molecular weight is 433 g/mol. The number of benzene rings is 2. The summed E-state index contributed by atoms with van der Waals surface area (Å²) in [4.78, 5) is 13.1. The molecule has 2 heterocycles. The number of thiophene rings is 1. The van der Waals surface area contributed by atoms with Gasteiger partial charge in [-0.05, 0) is 48.7 Å². The minimum Gasteiger partial charge on any atom is -0.347 e. The molecule has 8 heteroatoms. The molecule has 1 amide bonds. The van der Waals surface area contributed by atoms with E-state index >= 15 is 0 Å². The highest BCUT2D eigenvalue weighted by Gasteiger charge is 2.25. The topological polar surface area (TPSA) is 66.5 Å². The highest BCUT2D eigenvalue weighted by molar-refractivity contribution is 7.89. The Morgan fingerprint density at radius 2 is 1.79 bits per heavy atom. The van der Waals surface area contributed by atoms with Gasteiger partial charge in [-0.2, -0.15) is 4.31 Å². The molecule has 29 heavy (non-hydrogen) atoms. The molecule has 0 atom stereocenters. The van der Waals surface area contributed by atoms with Gasteiger partial charge < -0.3 is 5.32 Å². The summed E-state index contributed by atoms with van der Waals surface area (Å²) >= 11 is 1.24. The molecule has 1 aliphatic heterocycles. The molecular weight excluding hydrogens is 411 g/mol. The summed E-state index contributed by atoms with van der Waals surface area (Å²) in [5.74, 6) is -0.626. The van der Waals surface area contributed by atoms with Gasteiger partial charge >= 0.3 is 0 Å². The number of piperidine rings is 1. The van der Waals surface area contributed by atoms with E-state index in [1.807, 2.05) is 0 Å². The fourth-order valence-electron chi connectivity index (χ4n) is 3.44. The number of fused-ring (bicyclic) bond motifs is 1. The van der Waals surface area contributed by atoms with E-state index in [1.165, 1.54) is 21.7 Å². The Morgan fingerprint density at radius 1 is 1.07 bits per heavy atom. The zero-order valence-electron chi connectivity index (χ0n) is 15.7. The van der Waals surface area contributed by atoms with Crippen LogP contribution in [0, 0.1) is 5.82 Å². The van der Waals surface area contributed by atoms with Gasteiger partial charge in [-0.3, -0.25) is 4.79 Å². The van der Waals surface area contributed by atoms with Crippen LogP contribution >= 0.6 is 11.3 Å². The quantitative estimate of drug-likeness (QED) is 0.659. The van der Waals surface area contributed by atoms with Gasteiger partial charge in [0.05, 0.1) is 9.77 Å². The van der Waals surface area contributed by atoms with Crippen molar-refractivity contribution in [2.45, 2.75) is 30.7 Å². The van der Waals surface area contributed by atoms with Gasteiger partial charge in [0.1, 0.15) is 5.82 Å². The standard InChI is InChI=1S/C21H21FN2O3S2/c22-18-5-4-6-19-17(18)13-20(28-19)21(25)23-14-15-7-9-16(10-8-15)29(26,27)24-11-2-1-3-12-24/h4-10,13H,1-3,11-12,14H2,(H,23,25). The van der Waals surface area contributed by atoms with Crippen molar-refractivity contribution in [3.05, 3.63) is 64.8 Å². The number of amides is 1. The molecule has 1 saturated heterocycles. The lowest BCUT2D eigenvalue weighted by Crippen LogP contribution is -2.35. The fraction of sp³-hybridized carbons (Fsp3) is 0.286. The van der Waals surface area contributed by atoms with Crippen LogP contribution in [0.2, 0.25) is 0 Å². The van der Waals surface area contributed by atoms with Crippen molar-refractivity contribution in [3.8, 4) is 0 Å². The predicted octanol–water partition coefficient (Wildman–Crippen LogP) is 4.15. The summed E-state index contributed by atoms with van der Waals surface area (Å²) in [6.45, 7) is 1.39. The maximum Gasteiger partial charge on any atom is 0.261 e. The number of sulfonamides is 1. The van der Waals surface area contributed by atoms with Crippen LogP contribution in [0.15, 0.2) is 53.4 Å². The Bertz CT molecular complexity index is 1130. The van der Waals surface area contributed by atoms with Crippen LogP contribution in [-0.2, 0) is 16.6 Å². The first-order chi connectivity index (χ1) is 13.9. The molecule has 1 aromatic heterocycles. The van der Waals surface area contributed by atoms with Crippen LogP contribution in [0.25, 0.3) is 10.1 Å². The number of carbonyl (C=O) groups is 1. The van der Waals surface area contributed by atoms with E-state index in [-0.39, 0.29) is 23.2 Å². The van der Waals surface area contributed by atoms with Gasteiger partial charge in [0.15, 0.2) is 0 Å². The smallest absolute Gasteiger partial charge is 0.261 e. The van der Waals surface area contributed by atoms with Gasteiger partial charge in [0, 0.05) is 29.7 Å². The lowest BCUT2D eigenvalue weighted by atomic mass is 10.2. The number of rotatable bonds is 5. The molecule has 0 bridgehead atoms. The number of nitrogens with one attached hydrogen (secondary N) is 1. The SMILES string of the molecule is O=C(NCc1ccc(S(=O)(=O)N2CCCCC2)cc1)c1cc2c(F)cccc2s1. The van der Waals surface area contributed by atoms with Crippen molar-refractivity contribution < 1.29 is 17.6 Å². The fourth-order valence-corrected chi connectivity index (χ4v) is 5.95. The molecule has 4 rings (SSSR count). The first-order valence-electron chi connectivity index (χ1n) is 9.50. The minimum absolute atomic E-state index is 0.263. The first kappa shape index (κ1) is 20.0. The third kappa shape index (κ3) is 4.19. The molecule has 1 N–H and O–H groups in total. The molecule has 3 aromatic rings. The zero-order chi connectivity index (χ0) is 20.4. The van der Waals surface area contributed by atoms with Crippen LogP contribution in [-0.4, -0.2) is 31.7 Å². The van der Waals surface area contributed by atoms with E-state index < -0.39 is 10.0 Å². The van der Waals surface area contributed by atoms with Crippen molar-refractivity contribution >= 4 is 37.4 Å². The van der Waals surface area contributed by atoms with Gasteiger partial charge in [-0.25, -0.2) is 12.8 Å². The number of carbonyl (C=O) groups excluding carboxylic acids is 1. The summed E-state index contributed by atoms with van der Waals surface area (Å²) < 4.78 is 41.4. The summed E-state index contributed by atoms with van der Waals surface area (Å²) in [5, 5.41) is 3.25. The molecule has 0 aliphatic carbocycles. The lowest BCUT2D eigenvalue weighted by Gasteiger charge is -2.25. The van der Waals surface area contributed by atoms with Crippen LogP contribution in [0.5, 0.6) is 0 Å². The van der Waals surface area contributed by atoms with E-state index in [1.54, 1.807) is 42.5 Å². The van der Waals surface area contributed by atoms with E-state index in [0.717, 1.165) is 29.5 Å². The summed E-state index contributed by atoms with van der Waals surface area (Å²) in [6, 6.07) is 12.9. The second-order valence-corrected chi connectivity index (χ2v) is 10.1. The summed E-state index contributed by atoms with van der Waals surface area (Å²) in [5.41, 5.74) is 0.795. The van der Waals surface area contributed by atoms with Crippen LogP contribution in [0.1, 0.15) is 34.5 Å². The zero-order valence-corrected chi connectivity index (χ0v) is 17.4. The second kappa shape index (κ2) is 8.22. The maximum absolute atomic E-state index is 13.8. The molecule has 1 aliphatic rings. The minimum atomic E-state index is -3.46. The molecule has 0 spiro atoms. The third-order valence-corrected chi connectivity index (χ3v) is 8.07. The highest BCUT2D eigenvalue weighted by Crippen LogP contribution is 2.27. The molecule has 2 aromatic carbocycles. The first-order valence-corrected chi connectivity index (χ1v) is 11.8. The van der Waals surface area contributed by atoms with Crippen LogP contribution in [0.4, 0.5) is 4.39 Å². The van der Waals surface area contributed by atoms with E-state index in [4.69, 9.17) is 0 Å². The van der Waals surface area contributed by atoms with Crippen molar-refractivity contribution in [3.63, 3.8) is 0 Å². The maximum atomic E-state index is 13.8. The Kier molecular flexibility index (Phi) is 5.67. The van der Waals surface area contributed by atoms with Crippen LogP contribution < -0.4 is 5.32 Å². The molecule has 0 saturated carbocycles. The Balaban J connectivity index is 1.42. The van der Waals surface area contributed by atoms with E-state index in [9.17, 15) is 17.6 Å². The van der Waals surface area contributed by atoms with E-state index in [0.29, 0.717) is 23.4 Å². The molecule has 1 fully saturated rings. The number of hydrogen-bond acceptors (Lipinski definition) is 4. The van der Waals surface area contributed by atoms with E-state index in [2.05, 4.69) is 5.32 Å². The van der Waals surface area contributed by atoms with Crippen molar-refractivity contribution in [2.24, 2.45) is 0 Å². The molecule has 0 radical (unpaired) electrons. The van der Waals surface area contributed by atoms with Gasteiger partial charge in [0.25, 0.3) is 5.91 Å². The Labute approximate surface area is 173 Å². The van der Waals surface area contributed by atoms with Crippen molar-refractivity contribution in [1.29, 1.82) is 0 Å². The average Bonchev–Trinajstić information content (AvgIpc) is 3.19. The monoisotopic (exact) mass is 432 g/mol. The number of halogens is 1.